The van der Waals surface area contributed by atoms with Crippen LogP contribution in [0.25, 0.3) is 16.7 Å². The predicted molar refractivity (Wildman–Crippen MR) is 107 cm³/mol. The number of imidazole rings is 1. The molecular weight excluding hydrogens is 372 g/mol. The van der Waals surface area contributed by atoms with Crippen molar-refractivity contribution in [1.82, 2.24) is 9.55 Å². The van der Waals surface area contributed by atoms with Gasteiger partial charge in [0.15, 0.2) is 0 Å². The van der Waals surface area contributed by atoms with Crippen LogP contribution >= 0.6 is 15.9 Å². The first-order chi connectivity index (χ1) is 12.1. The summed E-state index contributed by atoms with van der Waals surface area (Å²) in [5.41, 5.74) is 5.71. The van der Waals surface area contributed by atoms with E-state index in [0.717, 1.165) is 21.2 Å². The lowest BCUT2D eigenvalue weighted by Gasteiger charge is -2.27. The molecule has 3 aromatic carbocycles. The fourth-order valence-corrected chi connectivity index (χ4v) is 3.74. The van der Waals surface area contributed by atoms with Crippen molar-refractivity contribution < 1.29 is 0 Å². The molecule has 0 fully saturated rings. The van der Waals surface area contributed by atoms with Crippen LogP contribution in [0.4, 0.5) is 0 Å². The van der Waals surface area contributed by atoms with Crippen molar-refractivity contribution in [2.24, 2.45) is 0 Å². The molecule has 0 unspecified atom stereocenters. The highest BCUT2D eigenvalue weighted by Crippen LogP contribution is 2.34. The van der Waals surface area contributed by atoms with Crippen LogP contribution in [0.3, 0.4) is 0 Å². The summed E-state index contributed by atoms with van der Waals surface area (Å²) in [6, 6.07) is 25.4. The monoisotopic (exact) mass is 390 g/mol. The van der Waals surface area contributed by atoms with Crippen molar-refractivity contribution in [3.05, 3.63) is 94.7 Å². The van der Waals surface area contributed by atoms with Gasteiger partial charge >= 0.3 is 0 Å². The summed E-state index contributed by atoms with van der Waals surface area (Å²) in [7, 11) is 0. The van der Waals surface area contributed by atoms with Crippen molar-refractivity contribution in [1.29, 1.82) is 0 Å². The molecule has 4 aromatic rings. The molecule has 25 heavy (non-hydrogen) atoms. The van der Waals surface area contributed by atoms with Gasteiger partial charge in [-0.3, -0.25) is 4.57 Å². The van der Waals surface area contributed by atoms with Crippen LogP contribution in [0.2, 0.25) is 0 Å². The Hall–Kier alpha value is -2.39. The molecule has 3 heteroatoms. The topological polar surface area (TPSA) is 17.8 Å². The Morgan fingerprint density at radius 1 is 0.840 bits per heavy atom. The van der Waals surface area contributed by atoms with Gasteiger partial charge in [-0.1, -0.05) is 72.2 Å². The van der Waals surface area contributed by atoms with Gasteiger partial charge in [-0.05, 0) is 41.5 Å². The Morgan fingerprint density at radius 2 is 1.56 bits per heavy atom. The van der Waals surface area contributed by atoms with Gasteiger partial charge in [-0.2, -0.15) is 0 Å². The van der Waals surface area contributed by atoms with E-state index in [0.29, 0.717) is 0 Å². The Bertz CT molecular complexity index is 1030. The molecule has 1 aromatic heterocycles. The molecular formula is C22H19BrN2. The molecule has 0 radical (unpaired) electrons. The van der Waals surface area contributed by atoms with Crippen molar-refractivity contribution in [2.75, 3.05) is 0 Å². The van der Waals surface area contributed by atoms with E-state index in [2.05, 4.69) is 93.9 Å². The molecule has 0 amide bonds. The van der Waals surface area contributed by atoms with Crippen molar-refractivity contribution in [2.45, 2.75) is 19.3 Å². The summed E-state index contributed by atoms with van der Waals surface area (Å²) < 4.78 is 3.21. The van der Waals surface area contributed by atoms with E-state index >= 15 is 0 Å². The largest absolute Gasteiger partial charge is 0.299 e. The first-order valence-electron chi connectivity index (χ1n) is 8.35. The molecule has 0 aliphatic heterocycles. The number of hydrogen-bond donors (Lipinski definition) is 0. The smallest absolute Gasteiger partial charge is 0.100 e. The van der Waals surface area contributed by atoms with Gasteiger partial charge in [-0.25, -0.2) is 4.98 Å². The second-order valence-electron chi connectivity index (χ2n) is 6.79. The van der Waals surface area contributed by atoms with Gasteiger partial charge in [0.2, 0.25) is 0 Å². The molecule has 0 aliphatic rings. The number of hydrogen-bond acceptors (Lipinski definition) is 1. The molecule has 0 saturated heterocycles. The highest BCUT2D eigenvalue weighted by atomic mass is 79.9. The minimum Gasteiger partial charge on any atom is -0.299 e. The fraction of sp³-hybridized carbons (Fsp3) is 0.136. The maximum atomic E-state index is 4.52. The summed E-state index contributed by atoms with van der Waals surface area (Å²) in [5.74, 6) is 0. The first kappa shape index (κ1) is 16.1. The SMILES string of the molecule is CC(C)(c1ccccc1)c1cc(Br)cc(-n2cnc3ccccc32)c1. The van der Waals surface area contributed by atoms with E-state index in [1.807, 2.05) is 24.5 Å². The number of rotatable bonds is 3. The predicted octanol–water partition coefficient (Wildman–Crippen LogP) is 6.11. The number of halogens is 1. The van der Waals surface area contributed by atoms with Crippen LogP contribution in [0, 0.1) is 0 Å². The summed E-state index contributed by atoms with van der Waals surface area (Å²) in [6.07, 6.45) is 1.89. The quantitative estimate of drug-likeness (QED) is 0.412. The van der Waals surface area contributed by atoms with Crippen molar-refractivity contribution in [3.8, 4) is 5.69 Å². The number of nitrogens with zero attached hydrogens (tertiary/aromatic N) is 2. The lowest BCUT2D eigenvalue weighted by atomic mass is 9.78. The molecule has 124 valence electrons. The molecule has 0 saturated carbocycles. The lowest BCUT2D eigenvalue weighted by molar-refractivity contribution is 0.640. The maximum absolute atomic E-state index is 4.52. The molecule has 1 heterocycles. The first-order valence-corrected chi connectivity index (χ1v) is 9.14. The third-order valence-corrected chi connectivity index (χ3v) is 5.29. The average Bonchev–Trinajstić information content (AvgIpc) is 3.06. The standard InChI is InChI=1S/C22H19BrN2/c1-22(2,16-8-4-3-5-9-16)17-12-18(23)14-19(13-17)25-15-24-20-10-6-7-11-21(20)25/h3-15H,1-2H3. The van der Waals surface area contributed by atoms with Crippen LogP contribution in [0.15, 0.2) is 83.6 Å². The third-order valence-electron chi connectivity index (χ3n) is 4.83. The van der Waals surface area contributed by atoms with Gasteiger partial charge in [0.1, 0.15) is 6.33 Å². The highest BCUT2D eigenvalue weighted by Gasteiger charge is 2.24. The van der Waals surface area contributed by atoms with Gasteiger partial charge in [0.25, 0.3) is 0 Å². The van der Waals surface area contributed by atoms with Crippen LogP contribution in [0.1, 0.15) is 25.0 Å². The summed E-state index contributed by atoms with van der Waals surface area (Å²) in [6.45, 7) is 4.53. The number of fused-ring (bicyclic) bond motifs is 1. The Morgan fingerprint density at radius 3 is 2.36 bits per heavy atom. The van der Waals surface area contributed by atoms with Gasteiger partial charge < -0.3 is 0 Å². The van der Waals surface area contributed by atoms with E-state index in [-0.39, 0.29) is 5.41 Å². The summed E-state index contributed by atoms with van der Waals surface area (Å²) >= 11 is 3.69. The van der Waals surface area contributed by atoms with E-state index in [9.17, 15) is 0 Å². The van der Waals surface area contributed by atoms with Crippen LogP contribution < -0.4 is 0 Å². The summed E-state index contributed by atoms with van der Waals surface area (Å²) in [4.78, 5) is 4.52. The second kappa shape index (κ2) is 6.16. The fourth-order valence-electron chi connectivity index (χ4n) is 3.26. The van der Waals surface area contributed by atoms with Crippen molar-refractivity contribution in [3.63, 3.8) is 0 Å². The molecule has 2 nitrogen and oxygen atoms in total. The van der Waals surface area contributed by atoms with E-state index in [1.54, 1.807) is 0 Å². The second-order valence-corrected chi connectivity index (χ2v) is 7.71. The number of para-hydroxylation sites is 2. The van der Waals surface area contributed by atoms with Gasteiger partial charge in [-0.15, -0.1) is 0 Å². The van der Waals surface area contributed by atoms with E-state index in [4.69, 9.17) is 0 Å². The molecule has 0 spiro atoms. The maximum Gasteiger partial charge on any atom is 0.100 e. The molecule has 0 bridgehead atoms. The Kier molecular flexibility index (Phi) is 3.97. The molecule has 0 N–H and O–H groups in total. The van der Waals surface area contributed by atoms with E-state index < -0.39 is 0 Å². The van der Waals surface area contributed by atoms with Crippen LogP contribution in [-0.4, -0.2) is 9.55 Å². The normalized spacial score (nSPS) is 11.8. The zero-order valence-electron chi connectivity index (χ0n) is 14.3. The summed E-state index contributed by atoms with van der Waals surface area (Å²) in [5, 5.41) is 0. The lowest BCUT2D eigenvalue weighted by Crippen LogP contribution is -2.19. The minimum absolute atomic E-state index is 0.0871. The average molecular weight is 391 g/mol. The van der Waals surface area contributed by atoms with Crippen molar-refractivity contribution >= 4 is 27.0 Å². The van der Waals surface area contributed by atoms with Crippen LogP contribution in [0.5, 0.6) is 0 Å². The zero-order valence-corrected chi connectivity index (χ0v) is 15.9. The van der Waals surface area contributed by atoms with Gasteiger partial charge in [0.05, 0.1) is 11.0 Å². The zero-order chi connectivity index (χ0) is 17.4. The molecule has 4 rings (SSSR count). The number of aromatic nitrogens is 2. The third kappa shape index (κ3) is 2.89. The highest BCUT2D eigenvalue weighted by molar-refractivity contribution is 9.10. The minimum atomic E-state index is -0.0871. The molecule has 0 aliphatic carbocycles. The molecule has 0 atom stereocenters. The number of benzene rings is 3. The Labute approximate surface area is 156 Å². The van der Waals surface area contributed by atoms with Crippen LogP contribution in [-0.2, 0) is 5.41 Å². The Balaban J connectivity index is 1.87. The van der Waals surface area contributed by atoms with E-state index in [1.165, 1.54) is 11.1 Å². The van der Waals surface area contributed by atoms with Gasteiger partial charge in [0, 0.05) is 15.6 Å².